The second-order valence-electron chi connectivity index (χ2n) is 10.4. The number of hydrogen-bond acceptors (Lipinski definition) is 4. The van der Waals surface area contributed by atoms with E-state index in [1.165, 1.54) is 0 Å². The Morgan fingerprint density at radius 3 is 2.12 bits per heavy atom. The number of ether oxygens (including phenoxy) is 3. The molecule has 152 valence electrons. The van der Waals surface area contributed by atoms with Gasteiger partial charge in [-0.2, -0.15) is 0 Å². The smallest absolute Gasteiger partial charge is 0.192 e. The normalized spacial score (nSPS) is 42.0. The van der Waals surface area contributed by atoms with Crippen LogP contribution in [0.25, 0.3) is 0 Å². The summed E-state index contributed by atoms with van der Waals surface area (Å²) < 4.78 is 25.1. The Labute approximate surface area is 174 Å². The molecule has 0 bridgehead atoms. The summed E-state index contributed by atoms with van der Waals surface area (Å²) in [4.78, 5) is 0. The SMILES string of the molecule is CC(C)(C)[Si](C)(C)OC[C@H]1O[C@]1(C)CC[C@@H]1O[C@]1(C)CC[C@@H]1O[C@H]1CI. The van der Waals surface area contributed by atoms with Gasteiger partial charge in [0.1, 0.15) is 6.10 Å². The molecule has 4 nitrogen and oxygen atoms in total. The molecular formula is C20H37IO4Si. The van der Waals surface area contributed by atoms with E-state index in [0.29, 0.717) is 18.3 Å². The summed E-state index contributed by atoms with van der Waals surface area (Å²) in [6.07, 6.45) is 6.03. The van der Waals surface area contributed by atoms with Gasteiger partial charge >= 0.3 is 0 Å². The van der Waals surface area contributed by atoms with Gasteiger partial charge in [-0.15, -0.1) is 0 Å². The predicted molar refractivity (Wildman–Crippen MR) is 116 cm³/mol. The van der Waals surface area contributed by atoms with Crippen LogP contribution in [0.4, 0.5) is 0 Å². The number of halogens is 1. The van der Waals surface area contributed by atoms with Crippen LogP contribution in [0.3, 0.4) is 0 Å². The van der Waals surface area contributed by atoms with Crippen molar-refractivity contribution in [2.45, 2.75) is 114 Å². The second-order valence-corrected chi connectivity index (χ2v) is 16.0. The van der Waals surface area contributed by atoms with Gasteiger partial charge in [0.05, 0.1) is 36.1 Å². The van der Waals surface area contributed by atoms with Crippen LogP contribution in [0.1, 0.15) is 60.3 Å². The average Bonchev–Trinajstić information content (AvgIpc) is 3.43. The van der Waals surface area contributed by atoms with E-state index in [1.807, 2.05) is 0 Å². The maximum absolute atomic E-state index is 6.34. The first kappa shape index (κ1) is 21.5. The Morgan fingerprint density at radius 1 is 0.962 bits per heavy atom. The first-order chi connectivity index (χ1) is 11.9. The Morgan fingerprint density at radius 2 is 1.54 bits per heavy atom. The second kappa shape index (κ2) is 7.24. The first-order valence-corrected chi connectivity index (χ1v) is 14.5. The van der Waals surface area contributed by atoms with Gasteiger partial charge in [-0.05, 0) is 57.7 Å². The molecule has 6 heteroatoms. The number of epoxide rings is 3. The zero-order valence-corrected chi connectivity index (χ0v) is 20.7. The van der Waals surface area contributed by atoms with Crippen molar-refractivity contribution in [2.75, 3.05) is 11.0 Å². The highest BCUT2D eigenvalue weighted by atomic mass is 127. The zero-order valence-electron chi connectivity index (χ0n) is 17.6. The van der Waals surface area contributed by atoms with Gasteiger partial charge in [0, 0.05) is 4.43 Å². The molecule has 0 aliphatic carbocycles. The van der Waals surface area contributed by atoms with Crippen LogP contribution in [-0.2, 0) is 18.6 Å². The van der Waals surface area contributed by atoms with Crippen molar-refractivity contribution in [1.29, 1.82) is 0 Å². The van der Waals surface area contributed by atoms with Crippen LogP contribution in [0, 0.1) is 0 Å². The lowest BCUT2D eigenvalue weighted by molar-refractivity contribution is 0.233. The Balaban J connectivity index is 1.33. The molecule has 3 saturated heterocycles. The maximum atomic E-state index is 6.34. The van der Waals surface area contributed by atoms with E-state index < -0.39 is 8.32 Å². The van der Waals surface area contributed by atoms with Gasteiger partial charge in [-0.1, -0.05) is 43.4 Å². The van der Waals surface area contributed by atoms with Crippen molar-refractivity contribution >= 4 is 30.9 Å². The minimum absolute atomic E-state index is 0.0128. The Hall–Kier alpha value is 0.787. The summed E-state index contributed by atoms with van der Waals surface area (Å²) >= 11 is 2.40. The van der Waals surface area contributed by atoms with Gasteiger partial charge in [-0.25, -0.2) is 0 Å². The number of hydrogen-bond donors (Lipinski definition) is 0. The summed E-state index contributed by atoms with van der Waals surface area (Å²) in [5.41, 5.74) is 0.0568. The molecule has 0 N–H and O–H groups in total. The van der Waals surface area contributed by atoms with E-state index >= 15 is 0 Å². The number of alkyl halides is 1. The molecule has 0 spiro atoms. The third-order valence-electron chi connectivity index (χ3n) is 7.14. The molecule has 0 amide bonds. The van der Waals surface area contributed by atoms with Crippen LogP contribution >= 0.6 is 22.6 Å². The highest BCUT2D eigenvalue weighted by Gasteiger charge is 2.57. The predicted octanol–water partition coefficient (Wildman–Crippen LogP) is 5.09. The molecule has 0 unspecified atom stereocenters. The van der Waals surface area contributed by atoms with Crippen LogP contribution in [0.5, 0.6) is 0 Å². The van der Waals surface area contributed by atoms with Crippen molar-refractivity contribution in [2.24, 2.45) is 0 Å². The minimum Gasteiger partial charge on any atom is -0.414 e. The largest absolute Gasteiger partial charge is 0.414 e. The highest BCUT2D eigenvalue weighted by Crippen LogP contribution is 2.49. The molecule has 0 radical (unpaired) electrons. The summed E-state index contributed by atoms with van der Waals surface area (Å²) in [6, 6.07) is 0. The van der Waals surface area contributed by atoms with E-state index in [-0.39, 0.29) is 22.3 Å². The van der Waals surface area contributed by atoms with Gasteiger partial charge < -0.3 is 18.6 Å². The molecule has 3 rings (SSSR count). The molecule has 3 fully saturated rings. The minimum atomic E-state index is -1.69. The van der Waals surface area contributed by atoms with Crippen LogP contribution in [-0.4, -0.2) is 55.0 Å². The van der Waals surface area contributed by atoms with Gasteiger partial charge in [0.15, 0.2) is 8.32 Å². The third kappa shape index (κ3) is 4.85. The first-order valence-electron chi connectivity index (χ1n) is 10.1. The van der Waals surface area contributed by atoms with Crippen LogP contribution in [0.15, 0.2) is 0 Å². The van der Waals surface area contributed by atoms with Crippen LogP contribution in [0.2, 0.25) is 18.1 Å². The summed E-state index contributed by atoms with van der Waals surface area (Å²) in [6.45, 7) is 16.7. The van der Waals surface area contributed by atoms with Crippen molar-refractivity contribution in [3.8, 4) is 0 Å². The quantitative estimate of drug-likeness (QED) is 0.183. The van der Waals surface area contributed by atoms with E-state index in [4.69, 9.17) is 18.6 Å². The van der Waals surface area contributed by atoms with E-state index in [1.54, 1.807) is 0 Å². The molecule has 0 aromatic rings. The van der Waals surface area contributed by atoms with Crippen molar-refractivity contribution < 1.29 is 18.6 Å². The lowest BCUT2D eigenvalue weighted by atomic mass is 9.93. The van der Waals surface area contributed by atoms with Crippen molar-refractivity contribution in [3.05, 3.63) is 0 Å². The van der Waals surface area contributed by atoms with E-state index in [2.05, 4.69) is 70.3 Å². The van der Waals surface area contributed by atoms with Crippen LogP contribution < -0.4 is 0 Å². The highest BCUT2D eigenvalue weighted by molar-refractivity contribution is 14.1. The standard InChI is InChI=1S/C20H37IO4Si/c1-18(2,3)26(6,7)22-13-17-20(5,25-17)11-9-16-19(4,24-16)10-8-14-15(12-21)23-14/h14-17H,8-13H2,1-7H3/t14-,15-,16-,17+,19+,20+/m0/s1. The molecule has 3 aliphatic rings. The fourth-order valence-electron chi connectivity index (χ4n) is 3.51. The molecule has 0 saturated carbocycles. The summed E-state index contributed by atoms with van der Waals surface area (Å²) in [5, 5.41) is 0.254. The van der Waals surface area contributed by atoms with Gasteiger partial charge in [-0.3, -0.25) is 0 Å². The van der Waals surface area contributed by atoms with Gasteiger partial charge in [0.25, 0.3) is 0 Å². The molecule has 3 aliphatic heterocycles. The molecule has 0 aromatic heterocycles. The lowest BCUT2D eigenvalue weighted by Gasteiger charge is -2.36. The average molecular weight is 497 g/mol. The topological polar surface area (TPSA) is 46.8 Å². The molecule has 0 aromatic carbocycles. The summed E-state index contributed by atoms with van der Waals surface area (Å²) in [5.74, 6) is 0. The zero-order chi connectivity index (χ0) is 19.4. The third-order valence-corrected chi connectivity index (χ3v) is 12.5. The van der Waals surface area contributed by atoms with Crippen molar-refractivity contribution in [1.82, 2.24) is 0 Å². The van der Waals surface area contributed by atoms with Gasteiger partial charge in [0.2, 0.25) is 0 Å². The fourth-order valence-corrected chi connectivity index (χ4v) is 5.29. The molecule has 26 heavy (non-hydrogen) atoms. The Bertz CT molecular complexity index is 522. The molecule has 3 heterocycles. The fraction of sp³-hybridized carbons (Fsp3) is 1.00. The van der Waals surface area contributed by atoms with E-state index in [0.717, 1.165) is 36.7 Å². The number of rotatable bonds is 10. The molecule has 6 atom stereocenters. The van der Waals surface area contributed by atoms with Crippen molar-refractivity contribution in [3.63, 3.8) is 0 Å². The monoisotopic (exact) mass is 496 g/mol. The summed E-state index contributed by atoms with van der Waals surface area (Å²) in [7, 11) is -1.69. The lowest BCUT2D eigenvalue weighted by Crippen LogP contribution is -2.42. The maximum Gasteiger partial charge on any atom is 0.192 e. The molecular weight excluding hydrogens is 459 g/mol. The Kier molecular flexibility index (Phi) is 5.98. The van der Waals surface area contributed by atoms with E-state index in [9.17, 15) is 0 Å².